The summed E-state index contributed by atoms with van der Waals surface area (Å²) in [6.07, 6.45) is 0.724. The monoisotopic (exact) mass is 425 g/mol. The van der Waals surface area contributed by atoms with E-state index in [0.717, 1.165) is 24.2 Å². The lowest BCUT2D eigenvalue weighted by Crippen LogP contribution is -2.36. The Kier molecular flexibility index (Phi) is 6.52. The molecule has 32 heavy (non-hydrogen) atoms. The number of amides is 1. The number of hydrazone groups is 1. The minimum absolute atomic E-state index is 0.0245. The van der Waals surface area contributed by atoms with Crippen molar-refractivity contribution >= 4 is 11.6 Å². The molecule has 0 aliphatic carbocycles. The highest BCUT2D eigenvalue weighted by molar-refractivity contribution is 6.03. The Balaban J connectivity index is 1.60. The number of carbonyl (C=O) groups excluding carboxylic acids is 1. The molecule has 1 amide bonds. The Morgan fingerprint density at radius 1 is 0.969 bits per heavy atom. The quantitative estimate of drug-likeness (QED) is 0.529. The zero-order valence-electron chi connectivity index (χ0n) is 19.4. The Morgan fingerprint density at radius 2 is 1.66 bits per heavy atom. The maximum Gasteiger partial charge on any atom is 0.257 e. The van der Waals surface area contributed by atoms with Gasteiger partial charge < -0.3 is 0 Å². The van der Waals surface area contributed by atoms with Crippen LogP contribution in [-0.2, 0) is 11.3 Å². The van der Waals surface area contributed by atoms with E-state index >= 15 is 0 Å². The number of hydrogen-bond donors (Lipinski definition) is 0. The molecule has 0 saturated carbocycles. The van der Waals surface area contributed by atoms with Crippen LogP contribution < -0.4 is 0 Å². The van der Waals surface area contributed by atoms with E-state index in [1.807, 2.05) is 25.2 Å². The molecule has 0 N–H and O–H groups in total. The summed E-state index contributed by atoms with van der Waals surface area (Å²) in [5, 5.41) is 6.57. The van der Waals surface area contributed by atoms with Crippen LogP contribution in [0, 0.1) is 20.8 Å². The number of likely N-dealkylation sites (N-methyl/N-ethyl adjacent to an activating group) is 1. The molecule has 1 heterocycles. The van der Waals surface area contributed by atoms with E-state index < -0.39 is 0 Å². The van der Waals surface area contributed by atoms with E-state index in [2.05, 4.69) is 80.3 Å². The molecule has 1 aliphatic heterocycles. The number of aryl methyl sites for hydroxylation is 3. The summed E-state index contributed by atoms with van der Waals surface area (Å²) in [7, 11) is 1.98. The molecule has 0 fully saturated rings. The van der Waals surface area contributed by atoms with Crippen molar-refractivity contribution in [2.75, 3.05) is 13.6 Å². The van der Waals surface area contributed by atoms with Gasteiger partial charge in [-0.3, -0.25) is 9.69 Å². The van der Waals surface area contributed by atoms with E-state index in [9.17, 15) is 4.79 Å². The van der Waals surface area contributed by atoms with Crippen molar-refractivity contribution in [1.29, 1.82) is 0 Å². The van der Waals surface area contributed by atoms with Crippen LogP contribution in [0.1, 0.15) is 45.8 Å². The predicted molar refractivity (Wildman–Crippen MR) is 131 cm³/mol. The third-order valence-corrected chi connectivity index (χ3v) is 6.04. The third kappa shape index (κ3) is 4.97. The van der Waals surface area contributed by atoms with Crippen LogP contribution in [0.2, 0.25) is 0 Å². The zero-order valence-corrected chi connectivity index (χ0v) is 19.4. The van der Waals surface area contributed by atoms with Gasteiger partial charge in [-0.2, -0.15) is 5.10 Å². The number of benzene rings is 3. The number of rotatable bonds is 6. The molecule has 0 aromatic heterocycles. The second kappa shape index (κ2) is 9.49. The normalized spacial score (nSPS) is 15.8. The van der Waals surface area contributed by atoms with Gasteiger partial charge in [0.15, 0.2) is 0 Å². The second-order valence-electron chi connectivity index (χ2n) is 8.89. The molecule has 0 radical (unpaired) electrons. The Labute approximate surface area is 191 Å². The van der Waals surface area contributed by atoms with Crippen LogP contribution in [0.4, 0.5) is 0 Å². The first-order valence-electron chi connectivity index (χ1n) is 11.2. The summed E-state index contributed by atoms with van der Waals surface area (Å²) in [6.45, 7) is 7.34. The summed E-state index contributed by atoms with van der Waals surface area (Å²) in [6, 6.07) is 25.0. The first-order chi connectivity index (χ1) is 15.4. The van der Waals surface area contributed by atoms with Crippen molar-refractivity contribution in [2.24, 2.45) is 5.10 Å². The summed E-state index contributed by atoms with van der Waals surface area (Å²) < 4.78 is 0. The first-order valence-corrected chi connectivity index (χ1v) is 11.2. The number of hydrogen-bond acceptors (Lipinski definition) is 3. The molecule has 0 bridgehead atoms. The maximum atomic E-state index is 13.4. The van der Waals surface area contributed by atoms with Crippen LogP contribution in [-0.4, -0.2) is 35.1 Å². The largest absolute Gasteiger partial charge is 0.293 e. The predicted octanol–water partition coefficient (Wildman–Crippen LogP) is 5.42. The smallest absolute Gasteiger partial charge is 0.257 e. The summed E-state index contributed by atoms with van der Waals surface area (Å²) in [5.74, 6) is 0.0245. The van der Waals surface area contributed by atoms with Gasteiger partial charge in [-0.15, -0.1) is 0 Å². The highest BCUT2D eigenvalue weighted by Crippen LogP contribution is 2.35. The van der Waals surface area contributed by atoms with Gasteiger partial charge in [0.1, 0.15) is 0 Å². The average molecular weight is 426 g/mol. The molecular formula is C28H31N3O. The van der Waals surface area contributed by atoms with Gasteiger partial charge in [-0.1, -0.05) is 83.9 Å². The molecule has 0 saturated heterocycles. The molecule has 3 aromatic carbocycles. The SMILES string of the molecule is Cc1ccc(C2=NN(C(=O)CN(C)Cc3ccccc3)[C@@H](c3cc(C)ccc3C)C2)cc1. The van der Waals surface area contributed by atoms with Crippen LogP contribution in [0.3, 0.4) is 0 Å². The fourth-order valence-electron chi connectivity index (χ4n) is 4.28. The van der Waals surface area contributed by atoms with E-state index in [-0.39, 0.29) is 11.9 Å². The van der Waals surface area contributed by atoms with Crippen molar-refractivity contribution in [3.8, 4) is 0 Å². The average Bonchev–Trinajstić information content (AvgIpc) is 3.22. The number of nitrogens with zero attached hydrogens (tertiary/aromatic N) is 3. The van der Waals surface area contributed by atoms with Crippen molar-refractivity contribution in [2.45, 2.75) is 39.8 Å². The van der Waals surface area contributed by atoms with E-state index in [1.165, 1.54) is 27.8 Å². The molecule has 0 spiro atoms. The van der Waals surface area contributed by atoms with Gasteiger partial charge in [0.25, 0.3) is 5.91 Å². The van der Waals surface area contributed by atoms with Gasteiger partial charge >= 0.3 is 0 Å². The minimum Gasteiger partial charge on any atom is -0.293 e. The van der Waals surface area contributed by atoms with E-state index in [4.69, 9.17) is 5.10 Å². The van der Waals surface area contributed by atoms with Crippen molar-refractivity contribution in [3.63, 3.8) is 0 Å². The molecule has 3 aromatic rings. The lowest BCUT2D eigenvalue weighted by molar-refractivity contribution is -0.134. The van der Waals surface area contributed by atoms with Gasteiger partial charge in [-0.25, -0.2) is 5.01 Å². The second-order valence-corrected chi connectivity index (χ2v) is 8.89. The van der Waals surface area contributed by atoms with Crippen molar-refractivity contribution in [1.82, 2.24) is 9.91 Å². The Bertz CT molecular complexity index is 1120. The van der Waals surface area contributed by atoms with Gasteiger partial charge in [0.2, 0.25) is 0 Å². The summed E-state index contributed by atoms with van der Waals surface area (Å²) in [4.78, 5) is 15.5. The van der Waals surface area contributed by atoms with Crippen LogP contribution in [0.15, 0.2) is 77.9 Å². The van der Waals surface area contributed by atoms with Gasteiger partial charge in [0.05, 0.1) is 18.3 Å². The van der Waals surface area contributed by atoms with Crippen LogP contribution in [0.25, 0.3) is 0 Å². The van der Waals surface area contributed by atoms with Crippen LogP contribution >= 0.6 is 0 Å². The van der Waals surface area contributed by atoms with Crippen molar-refractivity contribution in [3.05, 3.63) is 106 Å². The highest BCUT2D eigenvalue weighted by atomic mass is 16.2. The molecule has 1 atom stereocenters. The molecule has 1 aliphatic rings. The summed E-state index contributed by atoms with van der Waals surface area (Å²) in [5.41, 5.74) is 8.02. The van der Waals surface area contributed by atoms with E-state index in [1.54, 1.807) is 5.01 Å². The highest BCUT2D eigenvalue weighted by Gasteiger charge is 2.34. The fraction of sp³-hybridized carbons (Fsp3) is 0.286. The number of carbonyl (C=O) groups is 1. The molecule has 164 valence electrons. The van der Waals surface area contributed by atoms with Gasteiger partial charge in [-0.05, 0) is 50.1 Å². The molecule has 4 nitrogen and oxygen atoms in total. The molecule has 0 unspecified atom stereocenters. The Hall–Kier alpha value is -3.24. The molecule has 4 rings (SSSR count). The summed E-state index contributed by atoms with van der Waals surface area (Å²) >= 11 is 0. The fourth-order valence-corrected chi connectivity index (χ4v) is 4.28. The lowest BCUT2D eigenvalue weighted by atomic mass is 9.93. The first kappa shape index (κ1) is 22.0. The standard InChI is InChI=1S/C28H31N3O/c1-20-11-14-24(15-12-20)26-17-27(25-16-21(2)10-13-22(25)3)31(29-26)28(32)19-30(4)18-23-8-6-5-7-9-23/h5-16,27H,17-19H2,1-4H3/t27-/m1/s1. The molecular weight excluding hydrogens is 394 g/mol. The van der Waals surface area contributed by atoms with E-state index in [0.29, 0.717) is 6.54 Å². The van der Waals surface area contributed by atoms with Crippen LogP contribution in [0.5, 0.6) is 0 Å². The third-order valence-electron chi connectivity index (χ3n) is 6.04. The Morgan fingerprint density at radius 3 is 2.38 bits per heavy atom. The molecule has 4 heteroatoms. The topological polar surface area (TPSA) is 35.9 Å². The van der Waals surface area contributed by atoms with Gasteiger partial charge in [0, 0.05) is 13.0 Å². The minimum atomic E-state index is -0.0798. The van der Waals surface area contributed by atoms with Crippen molar-refractivity contribution < 1.29 is 4.79 Å². The zero-order chi connectivity index (χ0) is 22.7. The lowest BCUT2D eigenvalue weighted by Gasteiger charge is -2.26. The maximum absolute atomic E-state index is 13.4.